The molecule has 188 valence electrons. The summed E-state index contributed by atoms with van der Waals surface area (Å²) in [4.78, 5) is 13.2. The van der Waals surface area contributed by atoms with Crippen LogP contribution in [0.5, 0.6) is 28.7 Å². The number of phenols is 2. The molecular formula is C23H24O12. The zero-order chi connectivity index (χ0) is 25.4. The van der Waals surface area contributed by atoms with Gasteiger partial charge in [-0.1, -0.05) is 6.07 Å². The lowest BCUT2D eigenvalue weighted by molar-refractivity contribution is -0.277. The average molecular weight is 492 g/mol. The number of benzene rings is 2. The fourth-order valence-corrected chi connectivity index (χ4v) is 3.86. The molecule has 1 fully saturated rings. The molecule has 2 heterocycles. The molecule has 4 rings (SSSR count). The molecule has 12 nitrogen and oxygen atoms in total. The quantitative estimate of drug-likeness (QED) is 0.272. The first-order chi connectivity index (χ1) is 16.7. The van der Waals surface area contributed by atoms with Gasteiger partial charge in [0.25, 0.3) is 0 Å². The number of aliphatic hydroxyl groups is 4. The SMILES string of the molecule is COc1ccc(-c2coc3cc(O[C@H]4O[C@@H](CO)[C@H](O)[C@@H](O)[C@@H]4O)c(OC)c(O)c3c2=O)cc1O. The average Bonchev–Trinajstić information content (AvgIpc) is 2.84. The molecule has 0 spiro atoms. The van der Waals surface area contributed by atoms with Crippen molar-refractivity contribution in [2.24, 2.45) is 0 Å². The van der Waals surface area contributed by atoms with Crippen LogP contribution in [0.1, 0.15) is 0 Å². The van der Waals surface area contributed by atoms with E-state index in [1.807, 2.05) is 0 Å². The van der Waals surface area contributed by atoms with Crippen molar-refractivity contribution in [2.75, 3.05) is 20.8 Å². The van der Waals surface area contributed by atoms with Gasteiger partial charge in [0.15, 0.2) is 23.0 Å². The molecule has 12 heteroatoms. The summed E-state index contributed by atoms with van der Waals surface area (Å²) in [5.74, 6) is -1.12. The van der Waals surface area contributed by atoms with Crippen molar-refractivity contribution >= 4 is 11.0 Å². The molecule has 0 radical (unpaired) electrons. The van der Waals surface area contributed by atoms with Gasteiger partial charge in [-0.05, 0) is 17.7 Å². The second kappa shape index (κ2) is 9.60. The summed E-state index contributed by atoms with van der Waals surface area (Å²) in [7, 11) is 2.58. The van der Waals surface area contributed by atoms with Gasteiger partial charge in [0, 0.05) is 6.07 Å². The number of aromatic hydroxyl groups is 2. The number of methoxy groups -OCH3 is 2. The number of phenolic OH excluding ortho intramolecular Hbond substituents is 2. The Morgan fingerprint density at radius 1 is 0.971 bits per heavy atom. The molecule has 0 unspecified atom stereocenters. The Balaban J connectivity index is 1.77. The maximum atomic E-state index is 13.2. The van der Waals surface area contributed by atoms with Crippen LogP contribution >= 0.6 is 0 Å². The molecule has 0 amide bonds. The van der Waals surface area contributed by atoms with Crippen LogP contribution in [0.4, 0.5) is 0 Å². The number of aliphatic hydroxyl groups excluding tert-OH is 4. The summed E-state index contributed by atoms with van der Waals surface area (Å²) < 4.78 is 26.7. The molecule has 0 bridgehead atoms. The Labute approximate surface area is 197 Å². The highest BCUT2D eigenvalue weighted by atomic mass is 16.7. The van der Waals surface area contributed by atoms with E-state index in [0.717, 1.165) is 6.26 Å². The predicted octanol–water partition coefficient (Wildman–Crippen LogP) is 0.0671. The Morgan fingerprint density at radius 2 is 1.71 bits per heavy atom. The molecule has 1 aliphatic heterocycles. The lowest BCUT2D eigenvalue weighted by atomic mass is 9.99. The molecular weight excluding hydrogens is 468 g/mol. The lowest BCUT2D eigenvalue weighted by Crippen LogP contribution is -2.60. The largest absolute Gasteiger partial charge is 0.504 e. The van der Waals surface area contributed by atoms with E-state index in [9.17, 15) is 35.4 Å². The number of ether oxygens (including phenoxy) is 4. The van der Waals surface area contributed by atoms with Gasteiger partial charge in [0.2, 0.25) is 17.5 Å². The zero-order valence-electron chi connectivity index (χ0n) is 18.6. The van der Waals surface area contributed by atoms with Crippen LogP contribution in [0.3, 0.4) is 0 Å². The minimum atomic E-state index is -1.72. The van der Waals surface area contributed by atoms with Gasteiger partial charge < -0.3 is 54.0 Å². The highest BCUT2D eigenvalue weighted by Gasteiger charge is 2.45. The second-order valence-corrected chi connectivity index (χ2v) is 7.81. The van der Waals surface area contributed by atoms with Crippen molar-refractivity contribution in [2.45, 2.75) is 30.7 Å². The van der Waals surface area contributed by atoms with Crippen molar-refractivity contribution in [1.29, 1.82) is 0 Å². The Hall–Kier alpha value is -3.55. The van der Waals surface area contributed by atoms with E-state index < -0.39 is 48.5 Å². The van der Waals surface area contributed by atoms with Crippen LogP contribution < -0.4 is 19.6 Å². The summed E-state index contributed by atoms with van der Waals surface area (Å²) in [6.07, 6.45) is -6.64. The zero-order valence-corrected chi connectivity index (χ0v) is 18.6. The predicted molar refractivity (Wildman–Crippen MR) is 119 cm³/mol. The molecule has 1 aliphatic rings. The monoisotopic (exact) mass is 492 g/mol. The van der Waals surface area contributed by atoms with Gasteiger partial charge in [-0.15, -0.1) is 0 Å². The lowest BCUT2D eigenvalue weighted by Gasteiger charge is -2.39. The molecule has 1 aromatic heterocycles. The summed E-state index contributed by atoms with van der Waals surface area (Å²) in [5, 5.41) is 60.2. The van der Waals surface area contributed by atoms with E-state index in [-0.39, 0.29) is 39.5 Å². The number of hydrogen-bond donors (Lipinski definition) is 6. The molecule has 0 aliphatic carbocycles. The third-order valence-electron chi connectivity index (χ3n) is 5.75. The summed E-state index contributed by atoms with van der Waals surface area (Å²) in [6.45, 7) is -0.663. The van der Waals surface area contributed by atoms with Crippen molar-refractivity contribution in [1.82, 2.24) is 0 Å². The van der Waals surface area contributed by atoms with E-state index in [2.05, 4.69) is 0 Å². The summed E-state index contributed by atoms with van der Waals surface area (Å²) in [5.41, 5.74) is -0.394. The van der Waals surface area contributed by atoms with Gasteiger partial charge in [-0.25, -0.2) is 0 Å². The molecule has 3 aromatic rings. The van der Waals surface area contributed by atoms with Crippen molar-refractivity contribution in [3.8, 4) is 39.9 Å². The highest BCUT2D eigenvalue weighted by molar-refractivity contribution is 5.91. The molecule has 6 N–H and O–H groups in total. The molecule has 2 aromatic carbocycles. The molecule has 0 saturated carbocycles. The summed E-state index contributed by atoms with van der Waals surface area (Å²) in [6, 6.07) is 5.52. The van der Waals surface area contributed by atoms with Crippen LogP contribution in [-0.4, -0.2) is 82.2 Å². The van der Waals surface area contributed by atoms with Crippen LogP contribution in [0.15, 0.2) is 39.7 Å². The van der Waals surface area contributed by atoms with Gasteiger partial charge in [0.1, 0.15) is 41.6 Å². The van der Waals surface area contributed by atoms with Crippen LogP contribution in [0.25, 0.3) is 22.1 Å². The van der Waals surface area contributed by atoms with Crippen molar-refractivity contribution < 1.29 is 54.0 Å². The Kier molecular flexibility index (Phi) is 6.74. The highest BCUT2D eigenvalue weighted by Crippen LogP contribution is 2.43. The van der Waals surface area contributed by atoms with Gasteiger partial charge in [0.05, 0.1) is 26.4 Å². The maximum absolute atomic E-state index is 13.2. The van der Waals surface area contributed by atoms with E-state index in [4.69, 9.17) is 23.4 Å². The number of fused-ring (bicyclic) bond motifs is 1. The number of hydrogen-bond acceptors (Lipinski definition) is 12. The normalized spacial score (nSPS) is 24.3. The van der Waals surface area contributed by atoms with E-state index in [0.29, 0.717) is 5.56 Å². The van der Waals surface area contributed by atoms with E-state index >= 15 is 0 Å². The van der Waals surface area contributed by atoms with Gasteiger partial charge in [-0.3, -0.25) is 4.79 Å². The van der Waals surface area contributed by atoms with Crippen LogP contribution in [0.2, 0.25) is 0 Å². The fourth-order valence-electron chi connectivity index (χ4n) is 3.86. The first-order valence-electron chi connectivity index (χ1n) is 10.4. The first-order valence-corrected chi connectivity index (χ1v) is 10.4. The minimum Gasteiger partial charge on any atom is -0.504 e. The molecule has 1 saturated heterocycles. The van der Waals surface area contributed by atoms with Crippen LogP contribution in [0, 0.1) is 0 Å². The fraction of sp³-hybridized carbons (Fsp3) is 0.348. The number of rotatable bonds is 6. The topological polar surface area (TPSA) is 189 Å². The van der Waals surface area contributed by atoms with E-state index in [1.54, 1.807) is 0 Å². The second-order valence-electron chi connectivity index (χ2n) is 7.81. The summed E-state index contributed by atoms with van der Waals surface area (Å²) >= 11 is 0. The maximum Gasteiger partial charge on any atom is 0.229 e. The molecule has 5 atom stereocenters. The van der Waals surface area contributed by atoms with Crippen molar-refractivity contribution in [3.05, 3.63) is 40.8 Å². The van der Waals surface area contributed by atoms with Gasteiger partial charge >= 0.3 is 0 Å². The van der Waals surface area contributed by atoms with Crippen molar-refractivity contribution in [3.63, 3.8) is 0 Å². The van der Waals surface area contributed by atoms with Gasteiger partial charge in [-0.2, -0.15) is 0 Å². The minimum absolute atomic E-state index is 0.0374. The Bertz CT molecular complexity index is 1280. The Morgan fingerprint density at radius 3 is 2.34 bits per heavy atom. The molecule has 35 heavy (non-hydrogen) atoms. The van der Waals surface area contributed by atoms with Crippen LogP contribution in [-0.2, 0) is 4.74 Å². The first kappa shape index (κ1) is 24.6. The third kappa shape index (κ3) is 4.22. The standard InChI is InChI=1S/C23H24O12/c1-31-12-4-3-9(5-11(12)25)10-8-33-13-6-14(22(32-2)19(28)16(13)17(10)26)34-23-21(30)20(29)18(27)15(7-24)35-23/h3-6,8,15,18,20-21,23-25,27-30H,7H2,1-2H3/t15-,18-,20+,21-,23-/m0/s1. The third-order valence-corrected chi connectivity index (χ3v) is 5.75. The smallest absolute Gasteiger partial charge is 0.229 e. The van der Waals surface area contributed by atoms with E-state index in [1.165, 1.54) is 38.5 Å².